The highest BCUT2D eigenvalue weighted by Crippen LogP contribution is 2.38. The first-order valence-electron chi connectivity index (χ1n) is 12.3. The number of nitrogens with zero attached hydrogens (tertiary/aromatic N) is 5. The normalized spacial score (nSPS) is 19.4. The van der Waals surface area contributed by atoms with E-state index in [0.29, 0.717) is 35.0 Å². The molecule has 1 aromatic carbocycles. The van der Waals surface area contributed by atoms with Crippen LogP contribution >= 0.6 is 0 Å². The van der Waals surface area contributed by atoms with Gasteiger partial charge < -0.3 is 19.4 Å². The Morgan fingerprint density at radius 2 is 2.14 bits per heavy atom. The lowest BCUT2D eigenvalue weighted by Gasteiger charge is -2.22. The number of carbonyl (C=O) groups excluding carboxylic acids is 1. The number of rotatable bonds is 5. The van der Waals surface area contributed by atoms with Gasteiger partial charge in [-0.05, 0) is 50.5 Å². The number of aromatic nitrogens is 4. The first-order chi connectivity index (χ1) is 17.8. The van der Waals surface area contributed by atoms with Gasteiger partial charge in [0.25, 0.3) is 11.8 Å². The predicted molar refractivity (Wildman–Crippen MR) is 133 cm³/mol. The smallest absolute Gasteiger partial charge is 0.277 e. The summed E-state index contributed by atoms with van der Waals surface area (Å²) in [6, 6.07) is 7.06. The molecule has 1 N–H and O–H groups in total. The molecule has 192 valence electrons. The highest BCUT2D eigenvalue weighted by molar-refractivity contribution is 6.06. The van der Waals surface area contributed by atoms with Crippen molar-refractivity contribution in [3.63, 3.8) is 0 Å². The second-order valence-electron chi connectivity index (χ2n) is 9.56. The first-order valence-corrected chi connectivity index (χ1v) is 12.3. The number of nitrogens with one attached hydrogen (secondary N) is 1. The van der Waals surface area contributed by atoms with Crippen LogP contribution in [0.25, 0.3) is 22.4 Å². The number of hydrogen-bond acceptors (Lipinski definition) is 7. The third-order valence-electron chi connectivity index (χ3n) is 6.73. The van der Waals surface area contributed by atoms with Crippen LogP contribution in [0.2, 0.25) is 0 Å². The van der Waals surface area contributed by atoms with Crippen molar-refractivity contribution in [3.8, 4) is 11.5 Å². The molecule has 0 saturated carbocycles. The number of anilines is 2. The summed E-state index contributed by atoms with van der Waals surface area (Å²) in [6.45, 7) is 2.27. The number of pyridine rings is 1. The van der Waals surface area contributed by atoms with E-state index in [4.69, 9.17) is 9.15 Å². The number of ether oxygens (including phenoxy) is 1. The van der Waals surface area contributed by atoms with E-state index in [2.05, 4.69) is 20.4 Å². The molecule has 3 aromatic heterocycles. The Labute approximate surface area is 211 Å². The fourth-order valence-electron chi connectivity index (χ4n) is 4.84. The van der Waals surface area contributed by atoms with Gasteiger partial charge in [-0.3, -0.25) is 9.78 Å². The van der Waals surface area contributed by atoms with Crippen molar-refractivity contribution in [1.29, 1.82) is 0 Å². The van der Waals surface area contributed by atoms with Crippen molar-refractivity contribution in [1.82, 2.24) is 19.7 Å². The number of carbonyl (C=O) groups is 1. The maximum atomic E-state index is 14.1. The number of halogens is 2. The molecule has 11 heteroatoms. The summed E-state index contributed by atoms with van der Waals surface area (Å²) < 4.78 is 41.4. The monoisotopic (exact) mass is 508 g/mol. The molecule has 0 aliphatic carbocycles. The zero-order valence-electron chi connectivity index (χ0n) is 20.3. The summed E-state index contributed by atoms with van der Waals surface area (Å²) >= 11 is 0. The van der Waals surface area contributed by atoms with Gasteiger partial charge in [-0.15, -0.1) is 0 Å². The predicted octanol–water partition coefficient (Wildman–Crippen LogP) is 5.19. The van der Waals surface area contributed by atoms with Crippen molar-refractivity contribution in [2.45, 2.75) is 44.8 Å². The summed E-state index contributed by atoms with van der Waals surface area (Å²) in [5, 5.41) is 8.29. The van der Waals surface area contributed by atoms with E-state index in [1.807, 2.05) is 13.1 Å². The van der Waals surface area contributed by atoms with Gasteiger partial charge >= 0.3 is 0 Å². The van der Waals surface area contributed by atoms with Gasteiger partial charge in [0.15, 0.2) is 5.69 Å². The third-order valence-corrected chi connectivity index (χ3v) is 6.73. The fourth-order valence-corrected chi connectivity index (χ4v) is 4.84. The Kier molecular flexibility index (Phi) is 5.86. The van der Waals surface area contributed by atoms with Crippen molar-refractivity contribution in [3.05, 3.63) is 54.3 Å². The molecular formula is C26H26F2N6O3. The van der Waals surface area contributed by atoms with Gasteiger partial charge in [0, 0.05) is 48.6 Å². The lowest BCUT2D eigenvalue weighted by Crippen LogP contribution is -2.26. The maximum Gasteiger partial charge on any atom is 0.277 e. The number of benzene rings is 1. The van der Waals surface area contributed by atoms with Gasteiger partial charge in [-0.1, -0.05) is 0 Å². The number of hydrogen-bond donors (Lipinski definition) is 1. The van der Waals surface area contributed by atoms with E-state index in [1.54, 1.807) is 40.0 Å². The quantitative estimate of drug-likeness (QED) is 0.396. The van der Waals surface area contributed by atoms with Crippen LogP contribution in [0.15, 0.2) is 47.3 Å². The summed E-state index contributed by atoms with van der Waals surface area (Å²) in [6.07, 6.45) is 7.30. The minimum absolute atomic E-state index is 0.0774. The molecule has 0 radical (unpaired) electrons. The SMILES string of the molecule is Cc1cc(-c2nc(C(=O)Nc3cc4cn(C5CCCCO5)nc4cc3N3CCC(F)(F)C3)co2)ccn1. The topological polar surface area (TPSA) is 98.3 Å². The third kappa shape index (κ3) is 4.78. The van der Waals surface area contributed by atoms with Crippen LogP contribution in [0.3, 0.4) is 0 Å². The molecule has 4 aromatic rings. The molecule has 2 aliphatic rings. The van der Waals surface area contributed by atoms with Gasteiger partial charge in [0.1, 0.15) is 12.5 Å². The fraction of sp³-hybridized carbons (Fsp3) is 0.385. The molecule has 2 fully saturated rings. The Bertz CT molecular complexity index is 1460. The number of aryl methyl sites for hydroxylation is 1. The number of fused-ring (bicyclic) bond motifs is 1. The van der Waals surface area contributed by atoms with Gasteiger partial charge in [0.05, 0.1) is 23.4 Å². The van der Waals surface area contributed by atoms with Crippen LogP contribution in [0.4, 0.5) is 20.2 Å². The molecule has 1 amide bonds. The largest absolute Gasteiger partial charge is 0.444 e. The van der Waals surface area contributed by atoms with E-state index in [1.165, 1.54) is 6.26 Å². The lowest BCUT2D eigenvalue weighted by atomic mass is 10.1. The van der Waals surface area contributed by atoms with E-state index < -0.39 is 18.4 Å². The maximum absolute atomic E-state index is 14.1. The Morgan fingerprint density at radius 1 is 1.24 bits per heavy atom. The highest BCUT2D eigenvalue weighted by atomic mass is 19.3. The van der Waals surface area contributed by atoms with E-state index >= 15 is 0 Å². The molecule has 0 bridgehead atoms. The molecule has 1 atom stereocenters. The van der Waals surface area contributed by atoms with Crippen LogP contribution in [-0.2, 0) is 4.74 Å². The second-order valence-corrected chi connectivity index (χ2v) is 9.56. The Morgan fingerprint density at radius 3 is 2.89 bits per heavy atom. The molecule has 6 rings (SSSR count). The minimum Gasteiger partial charge on any atom is -0.444 e. The summed E-state index contributed by atoms with van der Waals surface area (Å²) in [5.74, 6) is -3.01. The Balaban J connectivity index is 1.32. The average molecular weight is 509 g/mol. The summed E-state index contributed by atoms with van der Waals surface area (Å²) in [4.78, 5) is 23.2. The average Bonchev–Trinajstić information content (AvgIpc) is 3.62. The molecule has 2 aliphatic heterocycles. The van der Waals surface area contributed by atoms with Gasteiger partial charge in [-0.2, -0.15) is 5.10 Å². The molecule has 2 saturated heterocycles. The van der Waals surface area contributed by atoms with Crippen molar-refractivity contribution >= 4 is 28.2 Å². The van der Waals surface area contributed by atoms with E-state index in [0.717, 1.165) is 30.3 Å². The molecule has 5 heterocycles. The van der Waals surface area contributed by atoms with E-state index in [-0.39, 0.29) is 24.9 Å². The molecule has 0 spiro atoms. The molecule has 9 nitrogen and oxygen atoms in total. The lowest BCUT2D eigenvalue weighted by molar-refractivity contribution is -0.0390. The Hall–Kier alpha value is -3.86. The second kappa shape index (κ2) is 9.22. The zero-order valence-corrected chi connectivity index (χ0v) is 20.3. The van der Waals surface area contributed by atoms with Gasteiger partial charge in [-0.25, -0.2) is 18.4 Å². The van der Waals surface area contributed by atoms with Crippen LogP contribution in [0.1, 0.15) is 48.1 Å². The van der Waals surface area contributed by atoms with Crippen molar-refractivity contribution in [2.24, 2.45) is 0 Å². The zero-order chi connectivity index (χ0) is 25.6. The van der Waals surface area contributed by atoms with Crippen LogP contribution in [0, 0.1) is 6.92 Å². The molecule has 1 unspecified atom stereocenters. The van der Waals surface area contributed by atoms with Crippen molar-refractivity contribution in [2.75, 3.05) is 29.9 Å². The molecule has 37 heavy (non-hydrogen) atoms. The summed E-state index contributed by atoms with van der Waals surface area (Å²) in [5.41, 5.74) is 3.11. The number of alkyl halides is 2. The van der Waals surface area contributed by atoms with Crippen LogP contribution in [-0.4, -0.2) is 51.3 Å². The minimum atomic E-state index is -2.80. The van der Waals surface area contributed by atoms with Gasteiger partial charge in [0.2, 0.25) is 5.89 Å². The number of amides is 1. The first kappa shape index (κ1) is 23.5. The highest BCUT2D eigenvalue weighted by Gasteiger charge is 2.39. The standard InChI is InChI=1S/C26H26F2N6O3/c1-16-10-17(5-7-29-16)25-31-21(14-37-25)24(35)30-20-11-18-13-34(23-4-2-3-9-36-23)32-19(18)12-22(20)33-8-6-26(27,28)15-33/h5,7,10-14,23H,2-4,6,8-9,15H2,1H3,(H,30,35). The number of oxazole rings is 1. The van der Waals surface area contributed by atoms with E-state index in [9.17, 15) is 13.6 Å². The van der Waals surface area contributed by atoms with Crippen molar-refractivity contribution < 1.29 is 22.7 Å². The van der Waals surface area contributed by atoms with Crippen LogP contribution in [0.5, 0.6) is 0 Å². The summed E-state index contributed by atoms with van der Waals surface area (Å²) in [7, 11) is 0. The molecular weight excluding hydrogens is 482 g/mol. The van der Waals surface area contributed by atoms with Crippen LogP contribution < -0.4 is 10.2 Å².